The topological polar surface area (TPSA) is 80.5 Å². The standard InChI is InChI=1S/C31H33N5O3/c1-34(2)15-7-14-32-31(38)39-19-12-16-35-23-10-5-3-8-20(23)25-22-18-33-30(37)27(22)26-21-9-4-6-11-24(21)36(17-13-19)29(26)28(25)35/h3-6,8-11,19H,7,12-18H2,1-2H3,(H,32,38)(H,33,37). The van der Waals surface area contributed by atoms with E-state index < -0.39 is 0 Å². The summed E-state index contributed by atoms with van der Waals surface area (Å²) in [5.74, 6) is -0.00125. The lowest BCUT2D eigenvalue weighted by molar-refractivity contribution is 0.0830. The lowest BCUT2D eigenvalue weighted by Crippen LogP contribution is -2.32. The van der Waals surface area contributed by atoms with Crippen molar-refractivity contribution in [3.05, 3.63) is 59.7 Å². The van der Waals surface area contributed by atoms with Gasteiger partial charge >= 0.3 is 6.09 Å². The van der Waals surface area contributed by atoms with Gasteiger partial charge in [0.05, 0.1) is 16.6 Å². The van der Waals surface area contributed by atoms with Crippen molar-refractivity contribution in [2.24, 2.45) is 0 Å². The van der Waals surface area contributed by atoms with Crippen molar-refractivity contribution in [3.63, 3.8) is 0 Å². The van der Waals surface area contributed by atoms with E-state index in [1.165, 1.54) is 5.52 Å². The van der Waals surface area contributed by atoms with Gasteiger partial charge < -0.3 is 29.4 Å². The highest BCUT2D eigenvalue weighted by Crippen LogP contribution is 2.45. The van der Waals surface area contributed by atoms with Gasteiger partial charge in [-0.1, -0.05) is 36.4 Å². The maximum Gasteiger partial charge on any atom is 0.407 e. The molecular formula is C31H33N5O3. The molecule has 2 aliphatic heterocycles. The quantitative estimate of drug-likeness (QED) is 0.318. The Morgan fingerprint density at radius 2 is 1.59 bits per heavy atom. The fraction of sp³-hybridized carbons (Fsp3) is 0.355. The smallest absolute Gasteiger partial charge is 0.407 e. The number of carbonyl (C=O) groups is 2. The van der Waals surface area contributed by atoms with Gasteiger partial charge in [0.15, 0.2) is 0 Å². The molecule has 5 aromatic rings. The number of hydrogen-bond donors (Lipinski definition) is 2. The number of hydrogen-bond acceptors (Lipinski definition) is 4. The summed E-state index contributed by atoms with van der Waals surface area (Å²) in [6.45, 7) is 3.46. The highest BCUT2D eigenvalue weighted by Gasteiger charge is 2.33. The van der Waals surface area contributed by atoms with Crippen molar-refractivity contribution in [1.29, 1.82) is 0 Å². The number of benzene rings is 3. The van der Waals surface area contributed by atoms with Crippen LogP contribution in [0, 0.1) is 0 Å². The third kappa shape index (κ3) is 3.77. The van der Waals surface area contributed by atoms with Gasteiger partial charge in [0.2, 0.25) is 0 Å². The second-order valence-corrected chi connectivity index (χ2v) is 11.0. The molecule has 8 nitrogen and oxygen atoms in total. The van der Waals surface area contributed by atoms with Crippen LogP contribution in [0.4, 0.5) is 4.79 Å². The Bertz CT molecular complexity index is 1780. The molecule has 1 atom stereocenters. The van der Waals surface area contributed by atoms with E-state index in [9.17, 15) is 9.59 Å². The summed E-state index contributed by atoms with van der Waals surface area (Å²) < 4.78 is 10.7. The van der Waals surface area contributed by atoms with Gasteiger partial charge in [-0.25, -0.2) is 4.79 Å². The van der Waals surface area contributed by atoms with Gasteiger partial charge in [0, 0.05) is 71.6 Å². The molecule has 0 radical (unpaired) electrons. The molecule has 0 saturated carbocycles. The average Bonchev–Trinajstić information content (AvgIpc) is 3.58. The minimum absolute atomic E-state index is 0.00125. The molecule has 4 heterocycles. The van der Waals surface area contributed by atoms with Crippen molar-refractivity contribution >= 4 is 55.6 Å². The fourth-order valence-corrected chi connectivity index (χ4v) is 6.67. The SMILES string of the molecule is CN(C)CCCNC(=O)OC1CCn2c3ccccc3c3c4c(c5c6ccccc6n(c5c32)CC1)C(=O)NC4. The van der Waals surface area contributed by atoms with Crippen LogP contribution >= 0.6 is 0 Å². The molecule has 0 aliphatic carbocycles. The van der Waals surface area contributed by atoms with E-state index in [0.29, 0.717) is 26.1 Å². The maximum atomic E-state index is 13.3. The Morgan fingerprint density at radius 3 is 2.26 bits per heavy atom. The zero-order valence-corrected chi connectivity index (χ0v) is 22.4. The van der Waals surface area contributed by atoms with Crippen LogP contribution in [0.5, 0.6) is 0 Å². The predicted molar refractivity (Wildman–Crippen MR) is 154 cm³/mol. The summed E-state index contributed by atoms with van der Waals surface area (Å²) in [5, 5.41) is 10.5. The Kier molecular flexibility index (Phi) is 5.74. The third-order valence-electron chi connectivity index (χ3n) is 8.35. The van der Waals surface area contributed by atoms with Crippen LogP contribution in [0.25, 0.3) is 43.6 Å². The van der Waals surface area contributed by atoms with Gasteiger partial charge in [-0.2, -0.15) is 0 Å². The fourth-order valence-electron chi connectivity index (χ4n) is 6.67. The summed E-state index contributed by atoms with van der Waals surface area (Å²) in [7, 11) is 4.05. The van der Waals surface area contributed by atoms with E-state index in [2.05, 4.69) is 67.1 Å². The summed E-state index contributed by atoms with van der Waals surface area (Å²) in [6, 6.07) is 16.8. The molecule has 200 valence electrons. The van der Waals surface area contributed by atoms with Crippen LogP contribution in [0.1, 0.15) is 35.2 Å². The first kappa shape index (κ1) is 24.0. The summed E-state index contributed by atoms with van der Waals surface area (Å²) in [5.41, 5.74) is 6.42. The summed E-state index contributed by atoms with van der Waals surface area (Å²) in [6.07, 6.45) is 1.72. The van der Waals surface area contributed by atoms with Crippen molar-refractivity contribution in [1.82, 2.24) is 24.7 Å². The number of amides is 2. The average molecular weight is 524 g/mol. The number of rotatable bonds is 5. The van der Waals surface area contributed by atoms with E-state index in [0.717, 1.165) is 75.2 Å². The van der Waals surface area contributed by atoms with Gasteiger partial charge in [0.25, 0.3) is 5.91 Å². The second kappa shape index (κ2) is 9.31. The maximum absolute atomic E-state index is 13.3. The third-order valence-corrected chi connectivity index (χ3v) is 8.35. The van der Waals surface area contributed by atoms with Crippen molar-refractivity contribution < 1.29 is 14.3 Å². The number of aryl methyl sites for hydroxylation is 2. The molecule has 2 aromatic heterocycles. The van der Waals surface area contributed by atoms with Crippen molar-refractivity contribution in [2.45, 2.75) is 45.0 Å². The molecule has 2 aliphatic rings. The number of carbonyl (C=O) groups excluding carboxylic acids is 2. The van der Waals surface area contributed by atoms with Gasteiger partial charge in [-0.05, 0) is 44.8 Å². The van der Waals surface area contributed by atoms with Gasteiger partial charge in [-0.3, -0.25) is 4.79 Å². The normalized spacial score (nSPS) is 17.1. The van der Waals surface area contributed by atoms with Crippen molar-refractivity contribution in [2.75, 3.05) is 27.2 Å². The highest BCUT2D eigenvalue weighted by atomic mass is 16.6. The van der Waals surface area contributed by atoms with Crippen molar-refractivity contribution in [3.8, 4) is 0 Å². The number of aromatic nitrogens is 2. The summed E-state index contributed by atoms with van der Waals surface area (Å²) in [4.78, 5) is 28.1. The second-order valence-electron chi connectivity index (χ2n) is 11.0. The summed E-state index contributed by atoms with van der Waals surface area (Å²) >= 11 is 0. The van der Waals surface area contributed by atoms with E-state index in [4.69, 9.17) is 4.74 Å². The molecule has 1 unspecified atom stereocenters. The zero-order valence-electron chi connectivity index (χ0n) is 22.4. The molecule has 39 heavy (non-hydrogen) atoms. The Morgan fingerprint density at radius 1 is 0.974 bits per heavy atom. The Balaban J connectivity index is 1.39. The van der Waals surface area contributed by atoms with Crippen LogP contribution in [0.2, 0.25) is 0 Å². The molecule has 7 rings (SSSR count). The van der Waals surface area contributed by atoms with Crippen LogP contribution in [-0.2, 0) is 24.4 Å². The number of ether oxygens (including phenoxy) is 1. The first-order valence-corrected chi connectivity index (χ1v) is 13.9. The Labute approximate surface area is 226 Å². The first-order chi connectivity index (χ1) is 19.0. The molecule has 0 fully saturated rings. The van der Waals surface area contributed by atoms with E-state index in [1.54, 1.807) is 0 Å². The van der Waals surface area contributed by atoms with Crippen LogP contribution in [0.15, 0.2) is 48.5 Å². The molecule has 2 N–H and O–H groups in total. The van der Waals surface area contributed by atoms with E-state index >= 15 is 0 Å². The van der Waals surface area contributed by atoms with Gasteiger partial charge in [0.1, 0.15) is 6.10 Å². The minimum atomic E-state index is -0.351. The van der Waals surface area contributed by atoms with Crippen LogP contribution in [-0.4, -0.2) is 59.3 Å². The van der Waals surface area contributed by atoms with Crippen LogP contribution in [0.3, 0.4) is 0 Å². The molecular weight excluding hydrogens is 490 g/mol. The number of fused-ring (bicyclic) bond motifs is 9. The number of nitrogens with zero attached hydrogens (tertiary/aromatic N) is 3. The monoisotopic (exact) mass is 523 g/mol. The highest BCUT2D eigenvalue weighted by molar-refractivity contribution is 6.30. The largest absolute Gasteiger partial charge is 0.446 e. The predicted octanol–water partition coefficient (Wildman–Crippen LogP) is 4.99. The van der Waals surface area contributed by atoms with E-state index in [1.807, 2.05) is 20.2 Å². The number of alkyl carbamates (subject to hydrolysis) is 1. The van der Waals surface area contributed by atoms with E-state index in [-0.39, 0.29) is 18.1 Å². The van der Waals surface area contributed by atoms with Crippen LogP contribution < -0.4 is 10.6 Å². The number of para-hydroxylation sites is 2. The number of nitrogens with one attached hydrogen (secondary N) is 2. The Hall–Kier alpha value is -4.04. The lowest BCUT2D eigenvalue weighted by Gasteiger charge is -2.19. The molecule has 0 spiro atoms. The zero-order chi connectivity index (χ0) is 26.7. The minimum Gasteiger partial charge on any atom is -0.446 e. The molecule has 3 aromatic carbocycles. The first-order valence-electron chi connectivity index (χ1n) is 13.9. The lowest BCUT2D eigenvalue weighted by atomic mass is 9.97. The van der Waals surface area contributed by atoms with Gasteiger partial charge in [-0.15, -0.1) is 0 Å². The molecule has 0 bridgehead atoms. The molecule has 8 heteroatoms. The molecule has 0 saturated heterocycles. The molecule has 2 amide bonds.